The van der Waals surface area contributed by atoms with E-state index in [0.717, 1.165) is 18.4 Å². The lowest BCUT2D eigenvalue weighted by Crippen LogP contribution is -2.26. The van der Waals surface area contributed by atoms with Crippen LogP contribution in [0.2, 0.25) is 0 Å². The predicted molar refractivity (Wildman–Crippen MR) is 114 cm³/mol. The molecule has 158 valence electrons. The Bertz CT molecular complexity index is 1010. The first kappa shape index (κ1) is 21.4. The molecule has 1 saturated carbocycles. The van der Waals surface area contributed by atoms with Crippen molar-refractivity contribution in [2.45, 2.75) is 51.7 Å². The molecular weight excluding hydrogens is 392 g/mol. The molecule has 0 saturated heterocycles. The molecule has 29 heavy (non-hydrogen) atoms. The first-order valence-corrected chi connectivity index (χ1v) is 11.5. The monoisotopic (exact) mass is 420 g/mol. The van der Waals surface area contributed by atoms with E-state index in [1.165, 1.54) is 4.57 Å². The molecule has 7 nitrogen and oxygen atoms in total. The smallest absolute Gasteiger partial charge is 0.253 e. The van der Waals surface area contributed by atoms with Crippen molar-refractivity contribution < 1.29 is 18.3 Å². The Morgan fingerprint density at radius 3 is 2.52 bits per heavy atom. The van der Waals surface area contributed by atoms with Crippen LogP contribution in [0.4, 0.5) is 5.69 Å². The number of rotatable bonds is 6. The molecule has 1 fully saturated rings. The molecule has 3 rings (SSSR count). The fraction of sp³-hybridized carbons (Fsp3) is 0.476. The van der Waals surface area contributed by atoms with Gasteiger partial charge in [-0.05, 0) is 63.8 Å². The highest BCUT2D eigenvalue weighted by atomic mass is 32.2. The largest absolute Gasteiger partial charge is 0.490 e. The minimum atomic E-state index is -3.41. The molecule has 8 heteroatoms. The summed E-state index contributed by atoms with van der Waals surface area (Å²) in [6, 6.07) is 6.96. The van der Waals surface area contributed by atoms with Gasteiger partial charge in [-0.25, -0.2) is 8.42 Å². The van der Waals surface area contributed by atoms with Crippen LogP contribution in [0.5, 0.6) is 5.75 Å². The summed E-state index contributed by atoms with van der Waals surface area (Å²) in [5.74, 6) is 0.605. The number of anilines is 1. The van der Waals surface area contributed by atoms with Crippen molar-refractivity contribution in [3.63, 3.8) is 0 Å². The van der Waals surface area contributed by atoms with Crippen molar-refractivity contribution in [2.75, 3.05) is 10.5 Å². The van der Waals surface area contributed by atoms with Gasteiger partial charge in [-0.2, -0.15) is 0 Å². The van der Waals surface area contributed by atoms with Crippen molar-refractivity contribution in [2.24, 2.45) is 7.05 Å². The number of aryl methyl sites for hydroxylation is 2. The zero-order valence-electron chi connectivity index (χ0n) is 17.0. The number of hydrogen-bond donors (Lipinski definition) is 2. The highest BCUT2D eigenvalue weighted by Gasteiger charge is 2.22. The Kier molecular flexibility index (Phi) is 6.33. The predicted octanol–water partition coefficient (Wildman–Crippen LogP) is 2.80. The van der Waals surface area contributed by atoms with Gasteiger partial charge in [0.15, 0.2) is 0 Å². The van der Waals surface area contributed by atoms with Crippen LogP contribution in [0.25, 0.3) is 11.1 Å². The van der Waals surface area contributed by atoms with E-state index in [1.54, 1.807) is 51.4 Å². The molecule has 0 amide bonds. The summed E-state index contributed by atoms with van der Waals surface area (Å²) in [5, 5.41) is 9.73. The van der Waals surface area contributed by atoms with Crippen LogP contribution in [-0.4, -0.2) is 36.1 Å². The van der Waals surface area contributed by atoms with Crippen molar-refractivity contribution in [1.29, 1.82) is 0 Å². The maximum Gasteiger partial charge on any atom is 0.253 e. The topological polar surface area (TPSA) is 97.6 Å². The molecule has 0 atom stereocenters. The number of nitrogens with one attached hydrogen (secondary N) is 1. The van der Waals surface area contributed by atoms with Crippen molar-refractivity contribution in [3.05, 3.63) is 46.4 Å². The summed E-state index contributed by atoms with van der Waals surface area (Å²) in [6.07, 6.45) is 4.37. The first-order valence-electron chi connectivity index (χ1n) is 9.85. The minimum Gasteiger partial charge on any atom is -0.490 e. The van der Waals surface area contributed by atoms with Crippen LogP contribution in [0, 0.1) is 6.92 Å². The van der Waals surface area contributed by atoms with Gasteiger partial charge >= 0.3 is 0 Å². The highest BCUT2D eigenvalue weighted by Crippen LogP contribution is 2.35. The molecule has 1 aromatic carbocycles. The van der Waals surface area contributed by atoms with Crippen LogP contribution < -0.4 is 15.0 Å². The zero-order valence-corrected chi connectivity index (χ0v) is 17.8. The number of aliphatic hydroxyl groups is 1. The van der Waals surface area contributed by atoms with E-state index in [-0.39, 0.29) is 23.5 Å². The van der Waals surface area contributed by atoms with Crippen LogP contribution in [-0.2, 0) is 17.1 Å². The van der Waals surface area contributed by atoms with Gasteiger partial charge in [0.1, 0.15) is 5.75 Å². The second kappa shape index (κ2) is 8.59. The summed E-state index contributed by atoms with van der Waals surface area (Å²) in [5.41, 5.74) is 2.44. The Labute approximate surface area is 171 Å². The number of nitrogens with zero attached hydrogens (tertiary/aromatic N) is 1. The van der Waals surface area contributed by atoms with Gasteiger partial charge in [-0.3, -0.25) is 9.52 Å². The SMILES string of the molecule is CCS(=O)(=O)Nc1ccc(OC2CCC(O)CC2)c(-c2cc(C)c(=O)n(C)c2)c1. The molecule has 1 aliphatic carbocycles. The lowest BCUT2D eigenvalue weighted by molar-refractivity contribution is 0.0669. The van der Waals surface area contributed by atoms with Crippen molar-refractivity contribution in [1.82, 2.24) is 4.57 Å². The molecule has 2 N–H and O–H groups in total. The number of benzene rings is 1. The quantitative estimate of drug-likeness (QED) is 0.749. The average Bonchev–Trinajstić information content (AvgIpc) is 2.68. The first-order chi connectivity index (χ1) is 13.7. The van der Waals surface area contributed by atoms with E-state index in [4.69, 9.17) is 4.74 Å². The molecular formula is C21H28N2O5S. The number of aliphatic hydroxyl groups excluding tert-OH is 1. The molecule has 0 spiro atoms. The Morgan fingerprint density at radius 1 is 1.21 bits per heavy atom. The number of aromatic nitrogens is 1. The van der Waals surface area contributed by atoms with Crippen molar-refractivity contribution in [3.8, 4) is 16.9 Å². The van der Waals surface area contributed by atoms with Gasteiger partial charge in [0.25, 0.3) is 5.56 Å². The van der Waals surface area contributed by atoms with E-state index in [0.29, 0.717) is 35.4 Å². The normalized spacial score (nSPS) is 19.7. The fourth-order valence-electron chi connectivity index (χ4n) is 3.54. The highest BCUT2D eigenvalue weighted by molar-refractivity contribution is 7.92. The van der Waals surface area contributed by atoms with Crippen LogP contribution in [0.3, 0.4) is 0 Å². The third kappa shape index (κ3) is 5.19. The standard InChI is InChI=1S/C21H28N2O5S/c1-4-29(26,27)22-16-5-10-20(28-18-8-6-17(24)7-9-18)19(12-16)15-11-14(2)21(25)23(3)13-15/h5,10-13,17-18,22,24H,4,6-9H2,1-3H3. The molecule has 0 unspecified atom stereocenters. The lowest BCUT2D eigenvalue weighted by atomic mass is 9.95. The maximum absolute atomic E-state index is 12.1. The van der Waals surface area contributed by atoms with E-state index in [2.05, 4.69) is 4.72 Å². The molecule has 0 aliphatic heterocycles. The molecule has 0 radical (unpaired) electrons. The number of sulfonamides is 1. The summed E-state index contributed by atoms with van der Waals surface area (Å²) in [4.78, 5) is 12.1. The molecule has 1 aliphatic rings. The number of pyridine rings is 1. The minimum absolute atomic E-state index is 0.0102. The summed E-state index contributed by atoms with van der Waals surface area (Å²) in [7, 11) is -1.73. The van der Waals surface area contributed by atoms with Gasteiger partial charge in [-0.1, -0.05) is 0 Å². The average molecular weight is 421 g/mol. The summed E-state index contributed by atoms with van der Waals surface area (Å²) < 4.78 is 34.3. The van der Waals surface area contributed by atoms with Crippen LogP contribution in [0.15, 0.2) is 35.3 Å². The van der Waals surface area contributed by atoms with Gasteiger partial charge in [0, 0.05) is 35.6 Å². The van der Waals surface area contributed by atoms with Gasteiger partial charge in [-0.15, -0.1) is 0 Å². The second-order valence-electron chi connectivity index (χ2n) is 7.59. The van der Waals surface area contributed by atoms with Crippen molar-refractivity contribution >= 4 is 15.7 Å². The van der Waals surface area contributed by atoms with Crippen LogP contribution >= 0.6 is 0 Å². The summed E-state index contributed by atoms with van der Waals surface area (Å²) >= 11 is 0. The molecule has 1 aromatic heterocycles. The number of hydrogen-bond acceptors (Lipinski definition) is 5. The Balaban J connectivity index is 2.02. The second-order valence-corrected chi connectivity index (χ2v) is 9.60. The van der Waals surface area contributed by atoms with E-state index < -0.39 is 10.0 Å². The van der Waals surface area contributed by atoms with Gasteiger partial charge < -0.3 is 14.4 Å². The van der Waals surface area contributed by atoms with E-state index in [9.17, 15) is 18.3 Å². The van der Waals surface area contributed by atoms with E-state index in [1.807, 2.05) is 0 Å². The van der Waals surface area contributed by atoms with E-state index >= 15 is 0 Å². The molecule has 1 heterocycles. The molecule has 0 bridgehead atoms. The fourth-order valence-corrected chi connectivity index (χ4v) is 4.17. The maximum atomic E-state index is 12.1. The van der Waals surface area contributed by atoms with Gasteiger partial charge in [0.05, 0.1) is 18.0 Å². The third-order valence-electron chi connectivity index (χ3n) is 5.24. The Morgan fingerprint density at radius 2 is 1.90 bits per heavy atom. The lowest BCUT2D eigenvalue weighted by Gasteiger charge is -2.27. The van der Waals surface area contributed by atoms with Crippen LogP contribution in [0.1, 0.15) is 38.2 Å². The summed E-state index contributed by atoms with van der Waals surface area (Å²) in [6.45, 7) is 3.33. The number of ether oxygens (including phenoxy) is 1. The third-order valence-corrected chi connectivity index (χ3v) is 6.55. The van der Waals surface area contributed by atoms with Gasteiger partial charge in [0.2, 0.25) is 10.0 Å². The molecule has 2 aromatic rings. The Hall–Kier alpha value is -2.32. The zero-order chi connectivity index (χ0) is 21.2.